The number of amides is 2. The second-order valence-electron chi connectivity index (χ2n) is 5.98. The van der Waals surface area contributed by atoms with Gasteiger partial charge >= 0.3 is 5.97 Å². The summed E-state index contributed by atoms with van der Waals surface area (Å²) >= 11 is 1.00. The normalized spacial score (nSPS) is 18.2. The van der Waals surface area contributed by atoms with Gasteiger partial charge in [0, 0.05) is 6.04 Å². The molecule has 8 heteroatoms. The van der Waals surface area contributed by atoms with E-state index in [4.69, 9.17) is 10.5 Å². The van der Waals surface area contributed by atoms with E-state index in [0.29, 0.717) is 16.6 Å². The molecule has 0 aliphatic carbocycles. The number of nitrogens with zero attached hydrogens (tertiary/aromatic N) is 1. The zero-order valence-corrected chi connectivity index (χ0v) is 15.0. The van der Waals surface area contributed by atoms with Gasteiger partial charge in [0.05, 0.1) is 24.1 Å². The van der Waals surface area contributed by atoms with Gasteiger partial charge in [0.2, 0.25) is 5.91 Å². The number of piperidine rings is 1. The average Bonchev–Trinajstić information content (AvgIpc) is 2.85. The Labute approximate surface area is 145 Å². The molecule has 2 heterocycles. The third-order valence-electron chi connectivity index (χ3n) is 4.30. The summed E-state index contributed by atoms with van der Waals surface area (Å²) in [5.41, 5.74) is 5.96. The summed E-state index contributed by atoms with van der Waals surface area (Å²) in [6.07, 6.45) is 3.33. The molecular formula is C16H23N3O4S. The Morgan fingerprint density at radius 2 is 2.08 bits per heavy atom. The lowest BCUT2D eigenvalue weighted by Gasteiger charge is -2.32. The van der Waals surface area contributed by atoms with E-state index >= 15 is 0 Å². The quantitative estimate of drug-likeness (QED) is 0.785. The molecule has 0 bridgehead atoms. The van der Waals surface area contributed by atoms with Crippen LogP contribution < -0.4 is 11.1 Å². The Morgan fingerprint density at radius 3 is 2.67 bits per heavy atom. The van der Waals surface area contributed by atoms with Crippen molar-refractivity contribution in [3.8, 4) is 0 Å². The van der Waals surface area contributed by atoms with Crippen molar-refractivity contribution in [2.75, 3.05) is 25.5 Å². The summed E-state index contributed by atoms with van der Waals surface area (Å²) in [6, 6.07) is 0.357. The minimum Gasteiger partial charge on any atom is -0.465 e. The van der Waals surface area contributed by atoms with E-state index in [1.807, 2.05) is 0 Å². The molecule has 7 nitrogen and oxygen atoms in total. The number of rotatable bonds is 5. The van der Waals surface area contributed by atoms with Crippen molar-refractivity contribution in [3.05, 3.63) is 16.0 Å². The highest BCUT2D eigenvalue weighted by Crippen LogP contribution is 2.33. The molecule has 0 radical (unpaired) electrons. The lowest BCUT2D eigenvalue weighted by atomic mass is 10.0. The summed E-state index contributed by atoms with van der Waals surface area (Å²) in [6.45, 7) is 4.86. The first-order chi connectivity index (χ1) is 11.3. The summed E-state index contributed by atoms with van der Waals surface area (Å²) < 4.78 is 4.75. The number of nitrogens with one attached hydrogen (secondary N) is 1. The van der Waals surface area contributed by atoms with Crippen molar-refractivity contribution >= 4 is 34.1 Å². The summed E-state index contributed by atoms with van der Waals surface area (Å²) in [7, 11) is 1.25. The maximum absolute atomic E-state index is 12.4. The molecule has 2 amide bonds. The summed E-state index contributed by atoms with van der Waals surface area (Å²) in [4.78, 5) is 38.2. The molecule has 1 atom stereocenters. The average molecular weight is 353 g/mol. The van der Waals surface area contributed by atoms with E-state index in [1.165, 1.54) is 13.5 Å². The molecule has 0 unspecified atom stereocenters. The van der Waals surface area contributed by atoms with Crippen molar-refractivity contribution in [1.82, 2.24) is 4.90 Å². The van der Waals surface area contributed by atoms with Crippen LogP contribution in [0.3, 0.4) is 0 Å². The lowest BCUT2D eigenvalue weighted by molar-refractivity contribution is -0.118. The third-order valence-corrected chi connectivity index (χ3v) is 5.52. The molecule has 0 aromatic carbocycles. The molecule has 132 valence electrons. The van der Waals surface area contributed by atoms with E-state index in [-0.39, 0.29) is 22.9 Å². The van der Waals surface area contributed by atoms with Crippen molar-refractivity contribution in [2.45, 2.75) is 39.2 Å². The smallest absolute Gasteiger partial charge is 0.341 e. The number of hydrogen-bond donors (Lipinski definition) is 2. The maximum Gasteiger partial charge on any atom is 0.341 e. The first-order valence-corrected chi connectivity index (χ1v) is 8.72. The monoisotopic (exact) mass is 353 g/mol. The molecule has 24 heavy (non-hydrogen) atoms. The van der Waals surface area contributed by atoms with Crippen LogP contribution in [0.1, 0.15) is 51.8 Å². The van der Waals surface area contributed by atoms with Crippen LogP contribution in [0, 0.1) is 6.92 Å². The Kier molecular flexibility index (Phi) is 5.95. The molecule has 1 aromatic rings. The molecule has 1 fully saturated rings. The van der Waals surface area contributed by atoms with Crippen LogP contribution in [0.2, 0.25) is 0 Å². The number of carbonyl (C=O) groups excluding carboxylic acids is 3. The van der Waals surface area contributed by atoms with Crippen LogP contribution in [0.15, 0.2) is 0 Å². The van der Waals surface area contributed by atoms with Gasteiger partial charge in [-0.25, -0.2) is 4.79 Å². The second-order valence-corrected chi connectivity index (χ2v) is 7.00. The summed E-state index contributed by atoms with van der Waals surface area (Å²) in [5, 5.41) is 3.05. The molecule has 0 spiro atoms. The van der Waals surface area contributed by atoms with Gasteiger partial charge in [-0.2, -0.15) is 0 Å². The molecule has 0 saturated carbocycles. The minimum absolute atomic E-state index is 0.191. The van der Waals surface area contributed by atoms with Crippen molar-refractivity contribution < 1.29 is 19.1 Å². The number of ether oxygens (including phenoxy) is 1. The number of anilines is 1. The van der Waals surface area contributed by atoms with Crippen molar-refractivity contribution in [2.24, 2.45) is 5.73 Å². The van der Waals surface area contributed by atoms with Gasteiger partial charge in [0.15, 0.2) is 0 Å². The van der Waals surface area contributed by atoms with Crippen LogP contribution in [0.4, 0.5) is 5.00 Å². The third kappa shape index (κ3) is 3.93. The van der Waals surface area contributed by atoms with Crippen LogP contribution >= 0.6 is 11.3 Å². The van der Waals surface area contributed by atoms with E-state index < -0.39 is 11.9 Å². The fourth-order valence-corrected chi connectivity index (χ4v) is 3.99. The fraction of sp³-hybridized carbons (Fsp3) is 0.562. The van der Waals surface area contributed by atoms with Crippen LogP contribution in [-0.4, -0.2) is 48.9 Å². The van der Waals surface area contributed by atoms with Gasteiger partial charge in [0.1, 0.15) is 5.00 Å². The van der Waals surface area contributed by atoms with Crippen LogP contribution in [-0.2, 0) is 9.53 Å². The fourth-order valence-electron chi connectivity index (χ4n) is 2.93. The highest BCUT2D eigenvalue weighted by molar-refractivity contribution is 7.18. The Morgan fingerprint density at radius 1 is 1.38 bits per heavy atom. The first kappa shape index (κ1) is 18.4. The summed E-state index contributed by atoms with van der Waals surface area (Å²) in [5.74, 6) is -1.45. The minimum atomic E-state index is -0.632. The second kappa shape index (κ2) is 7.76. The molecule has 3 N–H and O–H groups in total. The number of likely N-dealkylation sites (tertiary alicyclic amines) is 1. The first-order valence-electron chi connectivity index (χ1n) is 7.90. The molecule has 1 aromatic heterocycles. The van der Waals surface area contributed by atoms with Gasteiger partial charge < -0.3 is 15.8 Å². The topological polar surface area (TPSA) is 102 Å². The molecule has 1 aliphatic rings. The highest BCUT2D eigenvalue weighted by Gasteiger charge is 2.26. The molecular weight excluding hydrogens is 330 g/mol. The van der Waals surface area contributed by atoms with Crippen molar-refractivity contribution in [1.29, 1.82) is 0 Å². The Balaban J connectivity index is 2.18. The highest BCUT2D eigenvalue weighted by atomic mass is 32.1. The number of thiophene rings is 1. The number of nitrogens with two attached hydrogens (primary N) is 1. The Bertz CT molecular complexity index is 656. The van der Waals surface area contributed by atoms with E-state index in [2.05, 4.69) is 17.1 Å². The van der Waals surface area contributed by atoms with Gasteiger partial charge in [-0.15, -0.1) is 11.3 Å². The Hall–Kier alpha value is -1.93. The number of primary amides is 1. The van der Waals surface area contributed by atoms with Gasteiger partial charge in [-0.1, -0.05) is 6.42 Å². The van der Waals surface area contributed by atoms with E-state index in [1.54, 1.807) is 6.92 Å². The largest absolute Gasteiger partial charge is 0.465 e. The standard InChI is InChI=1S/C16H23N3O4S/c1-9-6-4-5-7-19(9)8-11(20)18-15-12(16(22)23-3)10(2)13(24-15)14(17)21/h9H,4-8H2,1-3H3,(H2,17,21)(H,18,20)/t9-/m1/s1. The number of hydrogen-bond acceptors (Lipinski definition) is 6. The van der Waals surface area contributed by atoms with Gasteiger partial charge in [-0.3, -0.25) is 14.5 Å². The molecule has 1 saturated heterocycles. The predicted octanol–water partition coefficient (Wildman–Crippen LogP) is 1.75. The number of esters is 1. The van der Waals surface area contributed by atoms with Crippen molar-refractivity contribution in [3.63, 3.8) is 0 Å². The van der Waals surface area contributed by atoms with Gasteiger partial charge in [-0.05, 0) is 38.8 Å². The zero-order chi connectivity index (χ0) is 17.9. The predicted molar refractivity (Wildman–Crippen MR) is 92.4 cm³/mol. The zero-order valence-electron chi connectivity index (χ0n) is 14.2. The van der Waals surface area contributed by atoms with Crippen LogP contribution in [0.25, 0.3) is 0 Å². The van der Waals surface area contributed by atoms with E-state index in [0.717, 1.165) is 30.7 Å². The SMILES string of the molecule is COC(=O)c1c(NC(=O)CN2CCCC[C@H]2C)sc(C(N)=O)c1C. The maximum atomic E-state index is 12.4. The van der Waals surface area contributed by atoms with Crippen LogP contribution in [0.5, 0.6) is 0 Å². The lowest BCUT2D eigenvalue weighted by Crippen LogP contribution is -2.42. The molecule has 2 rings (SSSR count). The molecule has 1 aliphatic heterocycles. The van der Waals surface area contributed by atoms with E-state index in [9.17, 15) is 14.4 Å². The van der Waals surface area contributed by atoms with Gasteiger partial charge in [0.25, 0.3) is 5.91 Å². The number of carbonyl (C=O) groups is 3. The number of methoxy groups -OCH3 is 1.